The van der Waals surface area contributed by atoms with Gasteiger partial charge >= 0.3 is 0 Å². The van der Waals surface area contributed by atoms with E-state index in [0.29, 0.717) is 5.69 Å². The van der Waals surface area contributed by atoms with Gasteiger partial charge in [-0.05, 0) is 31.2 Å². The number of para-hydroxylation sites is 1. The summed E-state index contributed by atoms with van der Waals surface area (Å²) in [6.07, 6.45) is 2.56. The van der Waals surface area contributed by atoms with Crippen molar-refractivity contribution in [3.63, 3.8) is 0 Å². The summed E-state index contributed by atoms with van der Waals surface area (Å²) in [7, 11) is 0. The molecule has 1 heterocycles. The van der Waals surface area contributed by atoms with Crippen molar-refractivity contribution in [1.82, 2.24) is 4.57 Å². The van der Waals surface area contributed by atoms with E-state index in [-0.39, 0.29) is 0 Å². The summed E-state index contributed by atoms with van der Waals surface area (Å²) in [4.78, 5) is 11.9. The molecule has 0 radical (unpaired) electrons. The van der Waals surface area contributed by atoms with Gasteiger partial charge in [-0.3, -0.25) is 9.36 Å². The number of nitrogens with one attached hydrogen (secondary N) is 1. The van der Waals surface area contributed by atoms with Crippen LogP contribution >= 0.6 is 0 Å². The monoisotopic (exact) mass is 294 g/mol. The molecule has 0 bridgehead atoms. The number of hydrogen-bond donors (Lipinski definition) is 1. The lowest BCUT2D eigenvalue weighted by Gasteiger charge is -2.04. The van der Waals surface area contributed by atoms with E-state index in [4.69, 9.17) is 0 Å². The maximum atomic E-state index is 14.3. The number of halogens is 1. The van der Waals surface area contributed by atoms with Gasteiger partial charge in [0.15, 0.2) is 0 Å². The average Bonchev–Trinajstić information content (AvgIpc) is 2.93. The third-order valence-corrected chi connectivity index (χ3v) is 3.40. The van der Waals surface area contributed by atoms with Crippen LogP contribution in [0.1, 0.15) is 5.56 Å². The van der Waals surface area contributed by atoms with Gasteiger partial charge in [-0.1, -0.05) is 35.9 Å². The van der Waals surface area contributed by atoms with Crippen LogP contribution in [-0.2, 0) is 4.79 Å². The molecule has 0 aliphatic rings. The maximum Gasteiger partial charge on any atom is 0.252 e. The molecule has 0 aliphatic carbocycles. The Morgan fingerprint density at radius 1 is 1.09 bits per heavy atom. The zero-order valence-electron chi connectivity index (χ0n) is 12.1. The van der Waals surface area contributed by atoms with E-state index in [9.17, 15) is 9.18 Å². The molecule has 3 aromatic rings. The third kappa shape index (κ3) is 2.91. The molecular weight excluding hydrogens is 279 g/mol. The molecule has 0 atom stereocenters. The van der Waals surface area contributed by atoms with Crippen LogP contribution in [-0.4, -0.2) is 10.5 Å². The van der Waals surface area contributed by atoms with Crippen molar-refractivity contribution in [2.75, 3.05) is 5.32 Å². The summed E-state index contributed by atoms with van der Waals surface area (Å²) in [6, 6.07) is 16.6. The number of carbonyl (C=O) groups is 1. The zero-order valence-corrected chi connectivity index (χ0v) is 12.1. The number of aryl methyl sites for hydroxylation is 1. The van der Waals surface area contributed by atoms with Gasteiger partial charge in [-0.15, -0.1) is 0 Å². The predicted molar refractivity (Wildman–Crippen MR) is 87.1 cm³/mol. The van der Waals surface area contributed by atoms with E-state index in [1.54, 1.807) is 30.5 Å². The zero-order chi connectivity index (χ0) is 15.5. The van der Waals surface area contributed by atoms with Crippen molar-refractivity contribution in [3.8, 4) is 0 Å². The second-order valence-corrected chi connectivity index (χ2v) is 5.07. The molecule has 3 rings (SSSR count). The maximum absolute atomic E-state index is 14.3. The number of nitrogens with zero attached hydrogens (tertiary/aromatic N) is 1. The Morgan fingerprint density at radius 3 is 2.59 bits per heavy atom. The smallest absolute Gasteiger partial charge is 0.252 e. The lowest BCUT2D eigenvalue weighted by atomic mass is 10.2. The van der Waals surface area contributed by atoms with E-state index in [2.05, 4.69) is 5.32 Å². The molecule has 0 aliphatic heterocycles. The molecule has 4 heteroatoms. The Hall–Kier alpha value is -2.88. The highest BCUT2D eigenvalue weighted by molar-refractivity contribution is 6.02. The molecule has 1 aromatic heterocycles. The predicted octanol–water partition coefficient (Wildman–Crippen LogP) is 4.36. The van der Waals surface area contributed by atoms with Gasteiger partial charge in [0.2, 0.25) is 5.95 Å². The number of amides is 1. The molecule has 0 fully saturated rings. The van der Waals surface area contributed by atoms with Gasteiger partial charge in [0, 0.05) is 17.3 Å². The highest BCUT2D eigenvalue weighted by Crippen LogP contribution is 2.20. The minimum absolute atomic E-state index is 0.501. The fourth-order valence-electron chi connectivity index (χ4n) is 2.26. The van der Waals surface area contributed by atoms with Gasteiger partial charge in [-0.2, -0.15) is 4.39 Å². The van der Waals surface area contributed by atoms with Gasteiger partial charge in [0.25, 0.3) is 5.91 Å². The minimum Gasteiger partial charge on any atom is -0.322 e. The van der Waals surface area contributed by atoms with Crippen molar-refractivity contribution in [3.05, 3.63) is 72.4 Å². The number of carbonyl (C=O) groups excluding carboxylic acids is 1. The van der Waals surface area contributed by atoms with Crippen LogP contribution in [0.25, 0.3) is 16.9 Å². The van der Waals surface area contributed by atoms with Crippen molar-refractivity contribution < 1.29 is 9.18 Å². The quantitative estimate of drug-likeness (QED) is 0.716. The second kappa shape index (κ2) is 5.85. The Kier molecular flexibility index (Phi) is 3.74. The Balaban J connectivity index is 1.81. The van der Waals surface area contributed by atoms with Gasteiger partial charge < -0.3 is 5.32 Å². The molecule has 2 aromatic carbocycles. The standard InChI is InChI=1S/C18H15FN2O/c1-13-6-8-15(9-7-13)20-18(22)12-17(19)21-11-10-14-4-2-3-5-16(14)21/h2-12H,1H3,(H,20,22)/b17-12+. The number of fused-ring (bicyclic) bond motifs is 1. The van der Waals surface area contributed by atoms with Crippen molar-refractivity contribution >= 4 is 28.4 Å². The van der Waals surface area contributed by atoms with Gasteiger partial charge in [0.1, 0.15) is 0 Å². The van der Waals surface area contributed by atoms with Crippen LogP contribution in [0.4, 0.5) is 10.1 Å². The van der Waals surface area contributed by atoms with Gasteiger partial charge in [0.05, 0.1) is 11.6 Å². The second-order valence-electron chi connectivity index (χ2n) is 5.07. The first-order valence-electron chi connectivity index (χ1n) is 6.95. The molecule has 0 saturated heterocycles. The number of rotatable bonds is 3. The van der Waals surface area contributed by atoms with Crippen molar-refractivity contribution in [1.29, 1.82) is 0 Å². The molecule has 0 unspecified atom stereocenters. The van der Waals surface area contributed by atoms with Crippen molar-refractivity contribution in [2.24, 2.45) is 0 Å². The van der Waals surface area contributed by atoms with Gasteiger partial charge in [-0.25, -0.2) is 0 Å². The lowest BCUT2D eigenvalue weighted by Crippen LogP contribution is -2.09. The summed E-state index contributed by atoms with van der Waals surface area (Å²) < 4.78 is 15.6. The fourth-order valence-corrected chi connectivity index (χ4v) is 2.26. The first kappa shape index (κ1) is 14.1. The summed E-state index contributed by atoms with van der Waals surface area (Å²) in [5.41, 5.74) is 2.45. The van der Waals surface area contributed by atoms with E-state index in [1.165, 1.54) is 4.57 Å². The van der Waals surface area contributed by atoms with E-state index in [0.717, 1.165) is 22.5 Å². The van der Waals surface area contributed by atoms with E-state index >= 15 is 0 Å². The normalized spacial score (nSPS) is 11.6. The largest absolute Gasteiger partial charge is 0.322 e. The summed E-state index contributed by atoms with van der Waals surface area (Å²) in [5, 5.41) is 3.56. The van der Waals surface area contributed by atoms with Crippen LogP contribution < -0.4 is 5.32 Å². The Morgan fingerprint density at radius 2 is 1.82 bits per heavy atom. The summed E-state index contributed by atoms with van der Waals surface area (Å²) >= 11 is 0. The number of anilines is 1. The highest BCUT2D eigenvalue weighted by atomic mass is 19.1. The molecule has 110 valence electrons. The Labute approximate surface area is 127 Å². The SMILES string of the molecule is Cc1ccc(NC(=O)/C=C(\F)n2ccc3ccccc32)cc1. The molecule has 0 spiro atoms. The first-order valence-corrected chi connectivity index (χ1v) is 6.95. The number of aromatic nitrogens is 1. The lowest BCUT2D eigenvalue weighted by molar-refractivity contribution is -0.111. The van der Waals surface area contributed by atoms with Crippen LogP contribution in [0.5, 0.6) is 0 Å². The molecule has 1 amide bonds. The molecular formula is C18H15FN2O. The molecule has 22 heavy (non-hydrogen) atoms. The first-order chi connectivity index (χ1) is 10.6. The highest BCUT2D eigenvalue weighted by Gasteiger charge is 2.07. The average molecular weight is 294 g/mol. The van der Waals surface area contributed by atoms with Crippen LogP contribution in [0.3, 0.4) is 0 Å². The van der Waals surface area contributed by atoms with Crippen molar-refractivity contribution in [2.45, 2.75) is 6.92 Å². The third-order valence-electron chi connectivity index (χ3n) is 3.40. The fraction of sp³-hybridized carbons (Fsp3) is 0.0556. The topological polar surface area (TPSA) is 34.0 Å². The van der Waals surface area contributed by atoms with Crippen LogP contribution in [0.2, 0.25) is 0 Å². The van der Waals surface area contributed by atoms with E-state index in [1.807, 2.05) is 37.3 Å². The molecule has 0 saturated carbocycles. The van der Waals surface area contributed by atoms with Crippen LogP contribution in [0, 0.1) is 6.92 Å². The molecule has 1 N–H and O–H groups in total. The minimum atomic E-state index is -0.620. The van der Waals surface area contributed by atoms with E-state index < -0.39 is 11.9 Å². The summed E-state index contributed by atoms with van der Waals surface area (Å²) in [6.45, 7) is 1.96. The summed E-state index contributed by atoms with van der Waals surface area (Å²) in [5.74, 6) is -1.12. The number of hydrogen-bond acceptors (Lipinski definition) is 1. The number of benzene rings is 2. The molecule has 3 nitrogen and oxygen atoms in total. The Bertz CT molecular complexity index is 847. The van der Waals surface area contributed by atoms with Crippen LogP contribution in [0.15, 0.2) is 66.9 Å².